The van der Waals surface area contributed by atoms with Crippen molar-refractivity contribution >= 4 is 16.0 Å². The van der Waals surface area contributed by atoms with Gasteiger partial charge >= 0.3 is 5.97 Å². The van der Waals surface area contributed by atoms with Crippen LogP contribution in [0.2, 0.25) is 0 Å². The highest BCUT2D eigenvalue weighted by atomic mass is 32.2. The van der Waals surface area contributed by atoms with Crippen molar-refractivity contribution in [3.05, 3.63) is 29.8 Å². The van der Waals surface area contributed by atoms with Gasteiger partial charge in [-0.2, -0.15) is 4.31 Å². The lowest BCUT2D eigenvalue weighted by molar-refractivity contribution is 0.0572. The molecule has 1 heterocycles. The zero-order valence-corrected chi connectivity index (χ0v) is 11.6. The lowest BCUT2D eigenvalue weighted by Gasteiger charge is -2.17. The number of hydrogen-bond acceptors (Lipinski definition) is 6. The third-order valence-electron chi connectivity index (χ3n) is 3.14. The summed E-state index contributed by atoms with van der Waals surface area (Å²) in [6.07, 6.45) is -2.26. The Morgan fingerprint density at radius 2 is 1.80 bits per heavy atom. The minimum absolute atomic E-state index is 0.0779. The molecular formula is C12H15NO6S. The van der Waals surface area contributed by atoms with Crippen LogP contribution >= 0.6 is 0 Å². The molecule has 0 bridgehead atoms. The Balaban J connectivity index is 2.43. The molecular weight excluding hydrogens is 286 g/mol. The molecule has 0 spiro atoms. The van der Waals surface area contributed by atoms with Crippen LogP contribution in [0.3, 0.4) is 0 Å². The average Bonchev–Trinajstić information content (AvgIpc) is 2.78. The summed E-state index contributed by atoms with van der Waals surface area (Å²) in [5.41, 5.74) is -0.0779. The zero-order valence-electron chi connectivity index (χ0n) is 10.8. The number of aliphatic hydroxyl groups is 2. The Morgan fingerprint density at radius 1 is 1.25 bits per heavy atom. The first-order valence-electron chi connectivity index (χ1n) is 5.91. The van der Waals surface area contributed by atoms with E-state index in [0.717, 1.165) is 11.4 Å². The van der Waals surface area contributed by atoms with Crippen LogP contribution in [0.25, 0.3) is 0 Å². The van der Waals surface area contributed by atoms with Crippen LogP contribution in [-0.4, -0.2) is 61.3 Å². The summed E-state index contributed by atoms with van der Waals surface area (Å²) in [4.78, 5) is 11.4. The van der Waals surface area contributed by atoms with E-state index < -0.39 is 28.2 Å². The SMILES string of the molecule is COC(=O)c1ccccc1S(=O)(=O)N1CC(O)C(O)C1. The maximum absolute atomic E-state index is 12.5. The number of carbonyl (C=O) groups excluding carboxylic acids is 1. The molecule has 2 atom stereocenters. The summed E-state index contributed by atoms with van der Waals surface area (Å²) in [5, 5.41) is 18.9. The molecule has 2 N–H and O–H groups in total. The first-order valence-corrected chi connectivity index (χ1v) is 7.35. The summed E-state index contributed by atoms with van der Waals surface area (Å²) in [6.45, 7) is -0.419. The predicted octanol–water partition coefficient (Wildman–Crippen LogP) is -0.801. The van der Waals surface area contributed by atoms with Crippen molar-refractivity contribution in [3.8, 4) is 0 Å². The summed E-state index contributed by atoms with van der Waals surface area (Å²) in [6, 6.07) is 5.65. The van der Waals surface area contributed by atoms with Crippen molar-refractivity contribution in [3.63, 3.8) is 0 Å². The monoisotopic (exact) mass is 301 g/mol. The van der Waals surface area contributed by atoms with Gasteiger partial charge in [-0.15, -0.1) is 0 Å². The highest BCUT2D eigenvalue weighted by Gasteiger charge is 2.39. The Kier molecular flexibility index (Phi) is 4.09. The van der Waals surface area contributed by atoms with E-state index in [1.165, 1.54) is 24.3 Å². The van der Waals surface area contributed by atoms with Crippen LogP contribution in [-0.2, 0) is 14.8 Å². The van der Waals surface area contributed by atoms with Gasteiger partial charge in [0.15, 0.2) is 0 Å². The van der Waals surface area contributed by atoms with Gasteiger partial charge in [-0.3, -0.25) is 0 Å². The lowest BCUT2D eigenvalue weighted by Crippen LogP contribution is -2.31. The van der Waals surface area contributed by atoms with Crippen molar-refractivity contribution in [2.75, 3.05) is 20.2 Å². The van der Waals surface area contributed by atoms with Crippen LogP contribution in [0.1, 0.15) is 10.4 Å². The van der Waals surface area contributed by atoms with E-state index >= 15 is 0 Å². The number of nitrogens with zero attached hydrogens (tertiary/aromatic N) is 1. The lowest BCUT2D eigenvalue weighted by atomic mass is 10.2. The Labute approximate surface area is 116 Å². The van der Waals surface area contributed by atoms with Crippen molar-refractivity contribution in [1.82, 2.24) is 4.31 Å². The number of methoxy groups -OCH3 is 1. The Hall–Kier alpha value is -1.48. The maximum Gasteiger partial charge on any atom is 0.339 e. The van der Waals surface area contributed by atoms with Crippen LogP contribution in [0.5, 0.6) is 0 Å². The molecule has 0 amide bonds. The molecule has 0 aromatic heterocycles. The Bertz CT molecular complexity index is 604. The van der Waals surface area contributed by atoms with Gasteiger partial charge in [-0.05, 0) is 12.1 Å². The fourth-order valence-corrected chi connectivity index (χ4v) is 3.70. The number of carbonyl (C=O) groups is 1. The Morgan fingerprint density at radius 3 is 2.35 bits per heavy atom. The van der Waals surface area contributed by atoms with Crippen LogP contribution in [0.15, 0.2) is 29.2 Å². The molecule has 1 fully saturated rings. The van der Waals surface area contributed by atoms with Gasteiger partial charge in [0.05, 0.1) is 29.8 Å². The van der Waals surface area contributed by atoms with Gasteiger partial charge in [0.25, 0.3) is 0 Å². The van der Waals surface area contributed by atoms with Gasteiger partial charge in [-0.25, -0.2) is 13.2 Å². The van der Waals surface area contributed by atoms with E-state index in [0.29, 0.717) is 0 Å². The first kappa shape index (κ1) is 14.9. The predicted molar refractivity (Wildman–Crippen MR) is 68.6 cm³/mol. The number of benzene rings is 1. The number of ether oxygens (including phenoxy) is 1. The largest absolute Gasteiger partial charge is 0.465 e. The van der Waals surface area contributed by atoms with E-state index in [4.69, 9.17) is 0 Å². The number of sulfonamides is 1. The molecule has 0 saturated carbocycles. The van der Waals surface area contributed by atoms with Gasteiger partial charge < -0.3 is 14.9 Å². The van der Waals surface area contributed by atoms with Gasteiger partial charge in [0.1, 0.15) is 0 Å². The fraction of sp³-hybridized carbons (Fsp3) is 0.417. The second kappa shape index (κ2) is 5.49. The van der Waals surface area contributed by atoms with Gasteiger partial charge in [0, 0.05) is 13.1 Å². The van der Waals surface area contributed by atoms with Crippen LogP contribution in [0, 0.1) is 0 Å². The van der Waals surface area contributed by atoms with E-state index in [1.54, 1.807) is 0 Å². The normalized spacial score (nSPS) is 23.8. The molecule has 8 heteroatoms. The number of aliphatic hydroxyl groups excluding tert-OH is 2. The number of hydrogen-bond donors (Lipinski definition) is 2. The standard InChI is InChI=1S/C12H15NO6S/c1-19-12(16)8-4-2-3-5-11(8)20(17,18)13-6-9(14)10(15)7-13/h2-5,9-10,14-15H,6-7H2,1H3. The quantitative estimate of drug-likeness (QED) is 0.708. The number of β-amino-alcohol motifs (C(OH)–C–C–N with tert-alkyl or cyclic N) is 2. The van der Waals surface area contributed by atoms with Crippen LogP contribution in [0.4, 0.5) is 0 Å². The molecule has 1 saturated heterocycles. The second-order valence-corrected chi connectivity index (χ2v) is 6.35. The van der Waals surface area contributed by atoms with Crippen LogP contribution < -0.4 is 0 Å². The molecule has 1 aliphatic heterocycles. The third-order valence-corrected chi connectivity index (χ3v) is 5.03. The van der Waals surface area contributed by atoms with E-state index in [9.17, 15) is 23.4 Å². The highest BCUT2D eigenvalue weighted by molar-refractivity contribution is 7.89. The minimum atomic E-state index is -3.98. The molecule has 2 rings (SSSR count). The van der Waals surface area contributed by atoms with E-state index in [2.05, 4.69) is 4.74 Å². The summed E-state index contributed by atoms with van der Waals surface area (Å²) < 4.78 is 30.4. The van der Waals surface area contributed by atoms with Crippen molar-refractivity contribution in [1.29, 1.82) is 0 Å². The first-order chi connectivity index (χ1) is 9.37. The minimum Gasteiger partial charge on any atom is -0.465 e. The van der Waals surface area contributed by atoms with Crippen molar-refractivity contribution in [2.45, 2.75) is 17.1 Å². The van der Waals surface area contributed by atoms with Crippen molar-refractivity contribution < 1.29 is 28.2 Å². The smallest absolute Gasteiger partial charge is 0.339 e. The molecule has 7 nitrogen and oxygen atoms in total. The van der Waals surface area contributed by atoms with E-state index in [1.807, 2.05) is 0 Å². The zero-order chi connectivity index (χ0) is 14.9. The van der Waals surface area contributed by atoms with E-state index in [-0.39, 0.29) is 23.5 Å². The summed E-state index contributed by atoms with van der Waals surface area (Å²) in [7, 11) is -2.82. The molecule has 1 aromatic carbocycles. The highest BCUT2D eigenvalue weighted by Crippen LogP contribution is 2.24. The summed E-state index contributed by atoms with van der Waals surface area (Å²) >= 11 is 0. The maximum atomic E-state index is 12.5. The second-order valence-electron chi connectivity index (χ2n) is 4.44. The molecule has 1 aromatic rings. The number of esters is 1. The van der Waals surface area contributed by atoms with Gasteiger partial charge in [-0.1, -0.05) is 12.1 Å². The molecule has 110 valence electrons. The molecule has 0 radical (unpaired) electrons. The molecule has 20 heavy (non-hydrogen) atoms. The van der Waals surface area contributed by atoms with Crippen molar-refractivity contribution in [2.24, 2.45) is 0 Å². The molecule has 0 aliphatic carbocycles. The summed E-state index contributed by atoms with van der Waals surface area (Å²) in [5.74, 6) is -0.760. The van der Waals surface area contributed by atoms with Gasteiger partial charge in [0.2, 0.25) is 10.0 Å². The number of rotatable bonds is 3. The molecule has 2 unspecified atom stereocenters. The fourth-order valence-electron chi connectivity index (χ4n) is 2.04. The average molecular weight is 301 g/mol. The molecule has 1 aliphatic rings. The third kappa shape index (κ3) is 2.55. The topological polar surface area (TPSA) is 104 Å².